The van der Waals surface area contributed by atoms with Gasteiger partial charge in [0.25, 0.3) is 0 Å². The number of imidazole rings is 1. The van der Waals surface area contributed by atoms with Crippen LogP contribution in [0, 0.1) is 6.92 Å². The lowest BCUT2D eigenvalue weighted by Crippen LogP contribution is -2.09. The van der Waals surface area contributed by atoms with E-state index in [0.717, 1.165) is 30.1 Å². The number of fused-ring (bicyclic) bond motifs is 1. The summed E-state index contributed by atoms with van der Waals surface area (Å²) in [5, 5.41) is 0. The molecule has 0 saturated heterocycles. The van der Waals surface area contributed by atoms with Crippen molar-refractivity contribution in [1.29, 1.82) is 0 Å². The van der Waals surface area contributed by atoms with Crippen molar-refractivity contribution in [2.24, 2.45) is 0 Å². The summed E-state index contributed by atoms with van der Waals surface area (Å²) in [6.07, 6.45) is 1.16. The summed E-state index contributed by atoms with van der Waals surface area (Å²) in [6, 6.07) is 16.7. The van der Waals surface area contributed by atoms with Crippen molar-refractivity contribution in [2.75, 3.05) is 6.61 Å². The number of ether oxygens (including phenoxy) is 1. The molecule has 0 aliphatic heterocycles. The molecule has 1 heterocycles. The molecule has 0 bridgehead atoms. The first kappa shape index (κ1) is 15.6. The van der Waals surface area contributed by atoms with E-state index < -0.39 is 0 Å². The van der Waals surface area contributed by atoms with Gasteiger partial charge in [0.05, 0.1) is 17.6 Å². The highest BCUT2D eigenvalue weighted by Crippen LogP contribution is 2.21. The van der Waals surface area contributed by atoms with Crippen molar-refractivity contribution in [3.8, 4) is 5.75 Å². The van der Waals surface area contributed by atoms with Crippen LogP contribution >= 0.6 is 0 Å². The largest absolute Gasteiger partial charge is 0.492 e. The lowest BCUT2D eigenvalue weighted by Gasteiger charge is -2.12. The maximum Gasteiger partial charge on any atom is 0.119 e. The topological polar surface area (TPSA) is 27.1 Å². The van der Waals surface area contributed by atoms with E-state index in [4.69, 9.17) is 4.74 Å². The molecule has 0 N–H and O–H groups in total. The Bertz CT molecular complexity index is 774. The first-order chi connectivity index (χ1) is 11.2. The van der Waals surface area contributed by atoms with Crippen LogP contribution in [0.3, 0.4) is 0 Å². The first-order valence-electron chi connectivity index (χ1n) is 8.33. The molecule has 0 saturated carbocycles. The van der Waals surface area contributed by atoms with E-state index in [0.29, 0.717) is 12.5 Å². The Kier molecular flexibility index (Phi) is 4.65. The monoisotopic (exact) mass is 308 g/mol. The Labute approximate surface area is 137 Å². The Morgan fingerprint density at radius 3 is 2.57 bits per heavy atom. The minimum absolute atomic E-state index is 0.601. The molecule has 3 nitrogen and oxygen atoms in total. The normalized spacial score (nSPS) is 12.5. The van der Waals surface area contributed by atoms with Crippen LogP contribution in [0.4, 0.5) is 0 Å². The standard InChI is InChI=1S/C20H24N2O/c1-4-15(2)17-9-11-18(12-10-17)23-14-13-22-16(3)21-19-7-5-6-8-20(19)22/h5-12,15H,4,13-14H2,1-3H3. The quantitative estimate of drug-likeness (QED) is 0.645. The van der Waals surface area contributed by atoms with Gasteiger partial charge >= 0.3 is 0 Å². The first-order valence-corrected chi connectivity index (χ1v) is 8.33. The van der Waals surface area contributed by atoms with Crippen molar-refractivity contribution < 1.29 is 4.74 Å². The molecule has 1 unspecified atom stereocenters. The summed E-state index contributed by atoms with van der Waals surface area (Å²) in [5.41, 5.74) is 3.58. The molecule has 3 aromatic rings. The highest BCUT2D eigenvalue weighted by molar-refractivity contribution is 5.75. The Balaban J connectivity index is 1.63. The Morgan fingerprint density at radius 2 is 1.83 bits per heavy atom. The molecule has 3 rings (SSSR count). The summed E-state index contributed by atoms with van der Waals surface area (Å²) in [4.78, 5) is 4.59. The van der Waals surface area contributed by atoms with Crippen molar-refractivity contribution in [3.63, 3.8) is 0 Å². The van der Waals surface area contributed by atoms with Crippen LogP contribution in [-0.4, -0.2) is 16.2 Å². The second-order valence-corrected chi connectivity index (χ2v) is 6.03. The number of hydrogen-bond acceptors (Lipinski definition) is 2. The average Bonchev–Trinajstić information content (AvgIpc) is 2.90. The third-order valence-electron chi connectivity index (χ3n) is 4.49. The lowest BCUT2D eigenvalue weighted by atomic mass is 9.99. The van der Waals surface area contributed by atoms with Gasteiger partial charge in [-0.2, -0.15) is 0 Å². The van der Waals surface area contributed by atoms with E-state index >= 15 is 0 Å². The average molecular weight is 308 g/mol. The summed E-state index contributed by atoms with van der Waals surface area (Å²) >= 11 is 0. The Hall–Kier alpha value is -2.29. The number of nitrogens with zero attached hydrogens (tertiary/aromatic N) is 2. The van der Waals surface area contributed by atoms with Gasteiger partial charge in [0.2, 0.25) is 0 Å². The molecular weight excluding hydrogens is 284 g/mol. The molecule has 1 aromatic heterocycles. The van der Waals surface area contributed by atoms with E-state index in [1.54, 1.807) is 0 Å². The number of aryl methyl sites for hydroxylation is 1. The van der Waals surface area contributed by atoms with Crippen LogP contribution in [-0.2, 0) is 6.54 Å². The minimum Gasteiger partial charge on any atom is -0.492 e. The molecule has 0 amide bonds. The fourth-order valence-electron chi connectivity index (χ4n) is 2.86. The summed E-state index contributed by atoms with van der Waals surface area (Å²) in [6.45, 7) is 7.96. The highest BCUT2D eigenvalue weighted by atomic mass is 16.5. The fourth-order valence-corrected chi connectivity index (χ4v) is 2.86. The van der Waals surface area contributed by atoms with Gasteiger partial charge in [-0.1, -0.05) is 38.1 Å². The van der Waals surface area contributed by atoms with Crippen molar-refractivity contribution in [2.45, 2.75) is 39.7 Å². The highest BCUT2D eigenvalue weighted by Gasteiger charge is 2.07. The van der Waals surface area contributed by atoms with E-state index in [1.165, 1.54) is 11.1 Å². The smallest absolute Gasteiger partial charge is 0.119 e. The molecule has 0 aliphatic carbocycles. The van der Waals surface area contributed by atoms with Gasteiger partial charge in [-0.25, -0.2) is 4.98 Å². The van der Waals surface area contributed by atoms with Gasteiger partial charge in [-0.15, -0.1) is 0 Å². The van der Waals surface area contributed by atoms with Crippen molar-refractivity contribution >= 4 is 11.0 Å². The third kappa shape index (κ3) is 3.39. The summed E-state index contributed by atoms with van der Waals surface area (Å²) in [5.74, 6) is 2.56. The van der Waals surface area contributed by atoms with Crippen LogP contribution in [0.25, 0.3) is 11.0 Å². The molecular formula is C20H24N2O. The minimum atomic E-state index is 0.601. The molecule has 3 heteroatoms. The van der Waals surface area contributed by atoms with E-state index in [9.17, 15) is 0 Å². The van der Waals surface area contributed by atoms with Gasteiger partial charge in [-0.05, 0) is 49.1 Å². The number of para-hydroxylation sites is 2. The molecule has 23 heavy (non-hydrogen) atoms. The van der Waals surface area contributed by atoms with Crippen molar-refractivity contribution in [1.82, 2.24) is 9.55 Å². The van der Waals surface area contributed by atoms with Crippen LogP contribution in [0.15, 0.2) is 48.5 Å². The predicted octanol–water partition coefficient (Wildman–Crippen LogP) is 4.94. The Morgan fingerprint density at radius 1 is 1.09 bits per heavy atom. The molecule has 0 radical (unpaired) electrons. The SMILES string of the molecule is CCC(C)c1ccc(OCCn2c(C)nc3ccccc32)cc1. The zero-order chi connectivity index (χ0) is 16.2. The van der Waals surface area contributed by atoms with E-state index in [1.807, 2.05) is 19.1 Å². The van der Waals surface area contributed by atoms with Gasteiger partial charge in [0, 0.05) is 0 Å². The molecule has 0 spiro atoms. The van der Waals surface area contributed by atoms with Crippen LogP contribution in [0.2, 0.25) is 0 Å². The molecule has 2 aromatic carbocycles. The van der Waals surface area contributed by atoms with Gasteiger partial charge in [0.15, 0.2) is 0 Å². The molecule has 0 aliphatic rings. The lowest BCUT2D eigenvalue weighted by molar-refractivity contribution is 0.299. The number of rotatable bonds is 6. The zero-order valence-electron chi connectivity index (χ0n) is 14.1. The zero-order valence-corrected chi connectivity index (χ0v) is 14.1. The molecule has 0 fully saturated rings. The number of hydrogen-bond donors (Lipinski definition) is 0. The predicted molar refractivity (Wildman–Crippen MR) is 95.1 cm³/mol. The maximum absolute atomic E-state index is 5.90. The fraction of sp³-hybridized carbons (Fsp3) is 0.350. The summed E-state index contributed by atoms with van der Waals surface area (Å²) in [7, 11) is 0. The van der Waals surface area contributed by atoms with Gasteiger partial charge in [-0.3, -0.25) is 0 Å². The number of benzene rings is 2. The third-order valence-corrected chi connectivity index (χ3v) is 4.49. The second kappa shape index (κ2) is 6.86. The van der Waals surface area contributed by atoms with Gasteiger partial charge < -0.3 is 9.30 Å². The summed E-state index contributed by atoms with van der Waals surface area (Å²) < 4.78 is 8.11. The van der Waals surface area contributed by atoms with Crippen LogP contribution in [0.5, 0.6) is 5.75 Å². The van der Waals surface area contributed by atoms with Crippen LogP contribution in [0.1, 0.15) is 37.6 Å². The molecule has 120 valence electrons. The number of aromatic nitrogens is 2. The van der Waals surface area contributed by atoms with E-state index in [-0.39, 0.29) is 0 Å². The van der Waals surface area contributed by atoms with Gasteiger partial charge in [0.1, 0.15) is 18.2 Å². The van der Waals surface area contributed by atoms with E-state index in [2.05, 4.69) is 59.8 Å². The second-order valence-electron chi connectivity index (χ2n) is 6.03. The van der Waals surface area contributed by atoms with Crippen molar-refractivity contribution in [3.05, 3.63) is 59.9 Å². The van der Waals surface area contributed by atoms with Crippen LogP contribution < -0.4 is 4.74 Å². The molecule has 1 atom stereocenters. The maximum atomic E-state index is 5.90.